The molecule has 0 aromatic heterocycles. The first kappa shape index (κ1) is 17.1. The second-order valence-corrected chi connectivity index (χ2v) is 7.20. The van der Waals surface area contributed by atoms with Gasteiger partial charge in [0.15, 0.2) is 0 Å². The van der Waals surface area contributed by atoms with E-state index >= 15 is 0 Å². The largest absolute Gasteiger partial charge is 0.492 e. The van der Waals surface area contributed by atoms with Crippen molar-refractivity contribution < 1.29 is 13.2 Å². The van der Waals surface area contributed by atoms with Crippen LogP contribution in [0.5, 0.6) is 5.75 Å². The fourth-order valence-corrected chi connectivity index (χ4v) is 3.33. The summed E-state index contributed by atoms with van der Waals surface area (Å²) in [6.45, 7) is 0.402. The molecular formula is C15H15Cl2NO3S. The van der Waals surface area contributed by atoms with Gasteiger partial charge in [0.1, 0.15) is 12.4 Å². The van der Waals surface area contributed by atoms with Crippen LogP contribution in [0.25, 0.3) is 0 Å². The Hall–Kier alpha value is -1.27. The highest BCUT2D eigenvalue weighted by Crippen LogP contribution is 2.17. The summed E-state index contributed by atoms with van der Waals surface area (Å²) in [5.74, 6) is 0.475. The van der Waals surface area contributed by atoms with Crippen molar-refractivity contribution in [2.24, 2.45) is 0 Å². The standard InChI is InChI=1S/C15H15Cl2NO3S/c16-13-5-7-14(8-6-13)21-10-9-18-22(19,20)11-12-3-1-2-4-15(12)17/h1-8,18H,9-11H2. The average molecular weight is 360 g/mol. The summed E-state index contributed by atoms with van der Waals surface area (Å²) < 4.78 is 31.8. The van der Waals surface area contributed by atoms with Crippen LogP contribution >= 0.6 is 23.2 Å². The van der Waals surface area contributed by atoms with Gasteiger partial charge in [0.2, 0.25) is 10.0 Å². The SMILES string of the molecule is O=S(=O)(Cc1ccccc1Cl)NCCOc1ccc(Cl)cc1. The van der Waals surface area contributed by atoms with Gasteiger partial charge in [0, 0.05) is 16.6 Å². The normalized spacial score (nSPS) is 11.4. The maximum atomic E-state index is 12.0. The monoisotopic (exact) mass is 359 g/mol. The minimum atomic E-state index is -3.45. The van der Waals surface area contributed by atoms with Crippen molar-refractivity contribution in [3.63, 3.8) is 0 Å². The van der Waals surface area contributed by atoms with E-state index in [4.69, 9.17) is 27.9 Å². The molecule has 0 saturated heterocycles. The predicted molar refractivity (Wildman–Crippen MR) is 89.0 cm³/mol. The van der Waals surface area contributed by atoms with Crippen LogP contribution in [-0.4, -0.2) is 21.6 Å². The molecule has 0 atom stereocenters. The summed E-state index contributed by atoms with van der Waals surface area (Å²) >= 11 is 11.7. The van der Waals surface area contributed by atoms with Crippen molar-refractivity contribution >= 4 is 33.2 Å². The Morgan fingerprint density at radius 3 is 2.36 bits per heavy atom. The molecule has 7 heteroatoms. The van der Waals surface area contributed by atoms with Crippen molar-refractivity contribution in [2.45, 2.75) is 5.75 Å². The number of nitrogens with one attached hydrogen (secondary N) is 1. The van der Waals surface area contributed by atoms with Crippen LogP contribution in [0.1, 0.15) is 5.56 Å². The highest BCUT2D eigenvalue weighted by atomic mass is 35.5. The van der Waals surface area contributed by atoms with E-state index in [1.54, 1.807) is 48.5 Å². The molecule has 2 aromatic rings. The number of benzene rings is 2. The van der Waals surface area contributed by atoms with Crippen LogP contribution in [0.2, 0.25) is 10.0 Å². The molecule has 0 aliphatic rings. The lowest BCUT2D eigenvalue weighted by Crippen LogP contribution is -2.29. The number of halogens is 2. The molecule has 22 heavy (non-hydrogen) atoms. The molecule has 0 bridgehead atoms. The van der Waals surface area contributed by atoms with E-state index in [9.17, 15) is 8.42 Å². The molecule has 0 amide bonds. The van der Waals surface area contributed by atoms with Gasteiger partial charge in [0.05, 0.1) is 5.75 Å². The fraction of sp³-hybridized carbons (Fsp3) is 0.200. The van der Waals surface area contributed by atoms with Crippen molar-refractivity contribution in [3.05, 3.63) is 64.1 Å². The van der Waals surface area contributed by atoms with Crippen LogP contribution < -0.4 is 9.46 Å². The Morgan fingerprint density at radius 1 is 1.00 bits per heavy atom. The lowest BCUT2D eigenvalue weighted by molar-refractivity contribution is 0.323. The lowest BCUT2D eigenvalue weighted by atomic mass is 10.2. The molecule has 0 heterocycles. The quantitative estimate of drug-likeness (QED) is 0.769. The van der Waals surface area contributed by atoms with Gasteiger partial charge in [-0.25, -0.2) is 13.1 Å². The van der Waals surface area contributed by atoms with Gasteiger partial charge in [-0.05, 0) is 35.9 Å². The summed E-state index contributed by atoms with van der Waals surface area (Å²) in [5.41, 5.74) is 0.565. The molecule has 0 spiro atoms. The maximum Gasteiger partial charge on any atom is 0.215 e. The highest BCUT2D eigenvalue weighted by Gasteiger charge is 2.13. The molecule has 118 valence electrons. The van der Waals surface area contributed by atoms with Gasteiger partial charge in [-0.3, -0.25) is 0 Å². The number of sulfonamides is 1. The zero-order valence-electron chi connectivity index (χ0n) is 11.6. The second-order valence-electron chi connectivity index (χ2n) is 4.55. The average Bonchev–Trinajstić information content (AvgIpc) is 2.48. The number of rotatable bonds is 7. The van der Waals surface area contributed by atoms with Gasteiger partial charge in [0.25, 0.3) is 0 Å². The highest BCUT2D eigenvalue weighted by molar-refractivity contribution is 7.88. The molecule has 0 aliphatic heterocycles. The molecule has 4 nitrogen and oxygen atoms in total. The Morgan fingerprint density at radius 2 is 1.68 bits per heavy atom. The van der Waals surface area contributed by atoms with Crippen LogP contribution in [-0.2, 0) is 15.8 Å². The predicted octanol–water partition coefficient (Wildman–Crippen LogP) is 3.49. The third-order valence-electron chi connectivity index (χ3n) is 2.81. The van der Waals surface area contributed by atoms with Gasteiger partial charge in [-0.2, -0.15) is 0 Å². The van der Waals surface area contributed by atoms with Crippen molar-refractivity contribution in [1.82, 2.24) is 4.72 Å². The summed E-state index contributed by atoms with van der Waals surface area (Å²) in [6, 6.07) is 13.7. The summed E-state index contributed by atoms with van der Waals surface area (Å²) in [6.07, 6.45) is 0. The molecule has 0 fully saturated rings. The van der Waals surface area contributed by atoms with Crippen LogP contribution in [0, 0.1) is 0 Å². The minimum Gasteiger partial charge on any atom is -0.492 e. The van der Waals surface area contributed by atoms with Crippen molar-refractivity contribution in [2.75, 3.05) is 13.2 Å². The van der Waals surface area contributed by atoms with Crippen LogP contribution in [0.3, 0.4) is 0 Å². The van der Waals surface area contributed by atoms with E-state index in [-0.39, 0.29) is 18.9 Å². The topological polar surface area (TPSA) is 55.4 Å². The number of hydrogen-bond acceptors (Lipinski definition) is 3. The maximum absolute atomic E-state index is 12.0. The molecule has 2 aromatic carbocycles. The molecule has 0 saturated carbocycles. The zero-order chi connectivity index (χ0) is 16.0. The molecule has 2 rings (SSSR count). The molecule has 0 unspecified atom stereocenters. The summed E-state index contributed by atoms with van der Waals surface area (Å²) in [4.78, 5) is 0. The lowest BCUT2D eigenvalue weighted by Gasteiger charge is -2.09. The summed E-state index contributed by atoms with van der Waals surface area (Å²) in [7, 11) is -3.45. The van der Waals surface area contributed by atoms with E-state index in [0.29, 0.717) is 21.4 Å². The van der Waals surface area contributed by atoms with E-state index < -0.39 is 10.0 Å². The third kappa shape index (κ3) is 5.50. The first-order valence-electron chi connectivity index (χ1n) is 6.55. The van der Waals surface area contributed by atoms with E-state index in [2.05, 4.69) is 4.72 Å². The first-order valence-corrected chi connectivity index (χ1v) is 8.96. The van der Waals surface area contributed by atoms with E-state index in [1.807, 2.05) is 0 Å². The van der Waals surface area contributed by atoms with Crippen molar-refractivity contribution in [1.29, 1.82) is 0 Å². The van der Waals surface area contributed by atoms with Gasteiger partial charge in [-0.1, -0.05) is 41.4 Å². The Bertz CT molecular complexity index is 718. The van der Waals surface area contributed by atoms with Crippen LogP contribution in [0.15, 0.2) is 48.5 Å². The molecule has 0 aliphatic carbocycles. The van der Waals surface area contributed by atoms with E-state index in [1.165, 1.54) is 0 Å². The first-order chi connectivity index (χ1) is 10.5. The Labute approximate surface area is 140 Å². The number of ether oxygens (including phenoxy) is 1. The second kappa shape index (κ2) is 7.83. The Kier molecular flexibility index (Phi) is 6.08. The summed E-state index contributed by atoms with van der Waals surface area (Å²) in [5, 5.41) is 1.05. The zero-order valence-corrected chi connectivity index (χ0v) is 14.0. The van der Waals surface area contributed by atoms with Gasteiger partial charge >= 0.3 is 0 Å². The smallest absolute Gasteiger partial charge is 0.215 e. The molecule has 1 N–H and O–H groups in total. The fourth-order valence-electron chi connectivity index (χ4n) is 1.77. The van der Waals surface area contributed by atoms with Gasteiger partial charge < -0.3 is 4.74 Å². The van der Waals surface area contributed by atoms with Gasteiger partial charge in [-0.15, -0.1) is 0 Å². The van der Waals surface area contributed by atoms with Crippen LogP contribution in [0.4, 0.5) is 0 Å². The van der Waals surface area contributed by atoms with Crippen molar-refractivity contribution in [3.8, 4) is 5.75 Å². The van der Waals surface area contributed by atoms with E-state index in [0.717, 1.165) is 0 Å². The number of hydrogen-bond donors (Lipinski definition) is 1. The third-order valence-corrected chi connectivity index (χ3v) is 4.77. The minimum absolute atomic E-state index is 0.159. The Balaban J connectivity index is 1.80. The molecular weight excluding hydrogens is 345 g/mol. The molecule has 0 radical (unpaired) electrons.